The fraction of sp³-hybridized carbons (Fsp3) is 0.214. The molecular formula is C14H12F3N3O3. The number of hydrogen-bond acceptors (Lipinski definition) is 3. The third-order valence-electron chi connectivity index (χ3n) is 2.95. The van der Waals surface area contributed by atoms with E-state index >= 15 is 0 Å². The lowest BCUT2D eigenvalue weighted by Gasteiger charge is -2.14. The number of rotatable bonds is 5. The summed E-state index contributed by atoms with van der Waals surface area (Å²) in [6, 6.07) is 7.26. The van der Waals surface area contributed by atoms with Gasteiger partial charge in [0.2, 0.25) is 0 Å². The first-order valence-electron chi connectivity index (χ1n) is 6.44. The predicted molar refractivity (Wildman–Crippen MR) is 72.3 cm³/mol. The smallest absolute Gasteiger partial charge is 0.471 e. The maximum atomic E-state index is 12.3. The van der Waals surface area contributed by atoms with E-state index in [4.69, 9.17) is 5.11 Å². The second kappa shape index (κ2) is 6.51. The van der Waals surface area contributed by atoms with Gasteiger partial charge in [-0.1, -0.05) is 30.3 Å². The number of nitrogens with one attached hydrogen (secondary N) is 1. The Morgan fingerprint density at radius 3 is 2.48 bits per heavy atom. The van der Waals surface area contributed by atoms with Gasteiger partial charge in [-0.05, 0) is 5.56 Å². The zero-order valence-corrected chi connectivity index (χ0v) is 11.6. The largest absolute Gasteiger partial charge is 0.479 e. The van der Waals surface area contributed by atoms with E-state index in [1.54, 1.807) is 0 Å². The highest BCUT2D eigenvalue weighted by atomic mass is 19.4. The van der Waals surface area contributed by atoms with Crippen LogP contribution in [0.25, 0.3) is 0 Å². The van der Waals surface area contributed by atoms with Crippen LogP contribution in [0.1, 0.15) is 17.2 Å². The minimum absolute atomic E-state index is 0.0500. The maximum absolute atomic E-state index is 12.3. The minimum Gasteiger partial charge on any atom is -0.479 e. The zero-order valence-electron chi connectivity index (χ0n) is 11.6. The molecule has 0 aliphatic heterocycles. The van der Waals surface area contributed by atoms with Crippen LogP contribution in [0.5, 0.6) is 0 Å². The van der Waals surface area contributed by atoms with Gasteiger partial charge in [0.25, 0.3) is 0 Å². The van der Waals surface area contributed by atoms with Crippen molar-refractivity contribution in [2.75, 3.05) is 0 Å². The van der Waals surface area contributed by atoms with E-state index in [1.807, 2.05) is 30.3 Å². The van der Waals surface area contributed by atoms with Crippen LogP contribution in [-0.4, -0.2) is 32.9 Å². The summed E-state index contributed by atoms with van der Waals surface area (Å²) < 4.78 is 38.1. The first kappa shape index (κ1) is 16.5. The Morgan fingerprint density at radius 2 is 1.91 bits per heavy atom. The van der Waals surface area contributed by atoms with E-state index in [-0.39, 0.29) is 5.56 Å². The predicted octanol–water partition coefficient (Wildman–Crippen LogP) is 1.74. The van der Waals surface area contributed by atoms with Crippen molar-refractivity contribution < 1.29 is 27.9 Å². The van der Waals surface area contributed by atoms with E-state index in [0.717, 1.165) is 11.8 Å². The standard InChI is InChI=1S/C14H12F3N3O3/c15-14(16,17)13(23)19-11(12(21)22)10-6-18-20(8-10)7-9-4-2-1-3-5-9/h1-6,8,11H,7H2,(H,19,23)(H,21,22). The molecule has 0 radical (unpaired) electrons. The molecule has 0 aliphatic carbocycles. The quantitative estimate of drug-likeness (QED) is 0.876. The molecule has 1 aromatic carbocycles. The summed E-state index contributed by atoms with van der Waals surface area (Å²) >= 11 is 0. The molecule has 2 aromatic rings. The summed E-state index contributed by atoms with van der Waals surface area (Å²) in [5.41, 5.74) is 0.833. The van der Waals surface area contributed by atoms with Crippen molar-refractivity contribution in [3.05, 3.63) is 53.9 Å². The van der Waals surface area contributed by atoms with Crippen molar-refractivity contribution in [3.63, 3.8) is 0 Å². The number of hydrogen-bond donors (Lipinski definition) is 2. The van der Waals surface area contributed by atoms with Gasteiger partial charge in [0.1, 0.15) is 0 Å². The molecule has 1 aromatic heterocycles. The summed E-state index contributed by atoms with van der Waals surface area (Å²) in [6.45, 7) is 0.320. The van der Waals surface area contributed by atoms with Crippen molar-refractivity contribution >= 4 is 11.9 Å². The molecule has 6 nitrogen and oxygen atoms in total. The van der Waals surface area contributed by atoms with Gasteiger partial charge in [-0.2, -0.15) is 18.3 Å². The highest BCUT2D eigenvalue weighted by Crippen LogP contribution is 2.19. The summed E-state index contributed by atoms with van der Waals surface area (Å²) in [5, 5.41) is 14.4. The van der Waals surface area contributed by atoms with Gasteiger partial charge in [-0.25, -0.2) is 4.79 Å². The van der Waals surface area contributed by atoms with E-state index in [2.05, 4.69) is 5.10 Å². The number of amides is 1. The van der Waals surface area contributed by atoms with Crippen LogP contribution in [0, 0.1) is 0 Å². The Balaban J connectivity index is 2.15. The number of aromatic nitrogens is 2. The van der Waals surface area contributed by atoms with Crippen LogP contribution >= 0.6 is 0 Å². The molecule has 122 valence electrons. The fourth-order valence-corrected chi connectivity index (χ4v) is 1.89. The van der Waals surface area contributed by atoms with Gasteiger partial charge >= 0.3 is 18.1 Å². The van der Waals surface area contributed by atoms with Crippen molar-refractivity contribution in [1.82, 2.24) is 15.1 Å². The lowest BCUT2D eigenvalue weighted by atomic mass is 10.1. The Morgan fingerprint density at radius 1 is 1.26 bits per heavy atom. The molecule has 0 spiro atoms. The molecule has 1 atom stereocenters. The van der Waals surface area contributed by atoms with Gasteiger partial charge < -0.3 is 10.4 Å². The maximum Gasteiger partial charge on any atom is 0.471 e. The number of carbonyl (C=O) groups excluding carboxylic acids is 1. The molecular weight excluding hydrogens is 315 g/mol. The molecule has 0 aliphatic rings. The van der Waals surface area contributed by atoms with Gasteiger partial charge in [-0.15, -0.1) is 0 Å². The third-order valence-corrected chi connectivity index (χ3v) is 2.95. The summed E-state index contributed by atoms with van der Waals surface area (Å²) in [5.74, 6) is -3.93. The summed E-state index contributed by atoms with van der Waals surface area (Å²) in [7, 11) is 0. The van der Waals surface area contributed by atoms with Crippen LogP contribution in [-0.2, 0) is 16.1 Å². The fourth-order valence-electron chi connectivity index (χ4n) is 1.89. The Bertz CT molecular complexity index is 698. The van der Waals surface area contributed by atoms with Gasteiger partial charge in [0.15, 0.2) is 6.04 Å². The first-order valence-corrected chi connectivity index (χ1v) is 6.44. The third kappa shape index (κ3) is 4.31. The molecule has 0 saturated carbocycles. The van der Waals surface area contributed by atoms with Crippen molar-refractivity contribution in [2.45, 2.75) is 18.8 Å². The number of halogens is 3. The number of carboxylic acid groups (broad SMARTS) is 1. The molecule has 1 unspecified atom stereocenters. The van der Waals surface area contributed by atoms with Crippen molar-refractivity contribution in [1.29, 1.82) is 0 Å². The molecule has 2 rings (SSSR count). The minimum atomic E-state index is -5.16. The Hall–Kier alpha value is -2.84. The van der Waals surface area contributed by atoms with E-state index in [9.17, 15) is 22.8 Å². The molecule has 0 fully saturated rings. The average Bonchev–Trinajstić information content (AvgIpc) is 2.92. The Kier molecular flexibility index (Phi) is 4.68. The molecule has 9 heteroatoms. The number of aliphatic carboxylic acids is 1. The molecule has 0 saturated heterocycles. The molecule has 2 N–H and O–H groups in total. The molecule has 0 bridgehead atoms. The normalized spacial score (nSPS) is 12.7. The number of carboxylic acids is 1. The van der Waals surface area contributed by atoms with Crippen LogP contribution in [0.4, 0.5) is 13.2 Å². The Labute approximate surface area is 128 Å². The topological polar surface area (TPSA) is 84.2 Å². The van der Waals surface area contributed by atoms with Crippen molar-refractivity contribution in [3.8, 4) is 0 Å². The number of benzene rings is 1. The number of alkyl halides is 3. The van der Waals surface area contributed by atoms with Crippen LogP contribution in [0.2, 0.25) is 0 Å². The second-order valence-corrected chi connectivity index (χ2v) is 4.70. The van der Waals surface area contributed by atoms with E-state index in [1.165, 1.54) is 16.2 Å². The average molecular weight is 327 g/mol. The number of nitrogens with zero attached hydrogens (tertiary/aromatic N) is 2. The van der Waals surface area contributed by atoms with Gasteiger partial charge in [-0.3, -0.25) is 9.48 Å². The van der Waals surface area contributed by atoms with Gasteiger partial charge in [0.05, 0.1) is 12.7 Å². The van der Waals surface area contributed by atoms with Crippen molar-refractivity contribution in [2.24, 2.45) is 0 Å². The molecule has 1 heterocycles. The molecule has 23 heavy (non-hydrogen) atoms. The number of carbonyl (C=O) groups is 2. The van der Waals surface area contributed by atoms with E-state index < -0.39 is 24.1 Å². The van der Waals surface area contributed by atoms with Gasteiger partial charge in [0, 0.05) is 11.8 Å². The second-order valence-electron chi connectivity index (χ2n) is 4.70. The lowest BCUT2D eigenvalue weighted by molar-refractivity contribution is -0.175. The highest BCUT2D eigenvalue weighted by Gasteiger charge is 2.41. The summed E-state index contributed by atoms with van der Waals surface area (Å²) in [6.07, 6.45) is -2.77. The summed E-state index contributed by atoms with van der Waals surface area (Å²) in [4.78, 5) is 22.0. The van der Waals surface area contributed by atoms with Crippen LogP contribution in [0.3, 0.4) is 0 Å². The zero-order chi connectivity index (χ0) is 17.0. The lowest BCUT2D eigenvalue weighted by Crippen LogP contribution is -2.41. The van der Waals surface area contributed by atoms with Crippen LogP contribution < -0.4 is 5.32 Å². The van der Waals surface area contributed by atoms with Crippen LogP contribution in [0.15, 0.2) is 42.7 Å². The first-order chi connectivity index (χ1) is 10.8. The SMILES string of the molecule is O=C(O)C(NC(=O)C(F)(F)F)c1cnn(Cc2ccccc2)c1. The van der Waals surface area contributed by atoms with E-state index in [0.29, 0.717) is 6.54 Å². The monoisotopic (exact) mass is 327 g/mol. The highest BCUT2D eigenvalue weighted by molar-refractivity contribution is 5.87. The molecule has 1 amide bonds.